The molecule has 1 fully saturated rings. The molecule has 2 N–H and O–H groups in total. The third-order valence-corrected chi connectivity index (χ3v) is 4.45. The van der Waals surface area contributed by atoms with Crippen LogP contribution in [0.3, 0.4) is 0 Å². The fourth-order valence-corrected chi connectivity index (χ4v) is 3.11. The van der Waals surface area contributed by atoms with E-state index < -0.39 is 0 Å². The molecule has 0 bridgehead atoms. The molecular formula is C19H30ClN3O3. The molecule has 1 saturated heterocycles. The number of benzene rings is 1. The van der Waals surface area contributed by atoms with Crippen molar-refractivity contribution in [3.63, 3.8) is 0 Å². The summed E-state index contributed by atoms with van der Waals surface area (Å²) in [5, 5.41) is 6.70. The molecule has 1 aliphatic heterocycles. The van der Waals surface area contributed by atoms with Gasteiger partial charge in [0.2, 0.25) is 0 Å². The molecule has 0 atom stereocenters. The molecule has 0 spiro atoms. The molecule has 26 heavy (non-hydrogen) atoms. The van der Waals surface area contributed by atoms with E-state index >= 15 is 0 Å². The summed E-state index contributed by atoms with van der Waals surface area (Å²) in [5.74, 6) is 0.875. The zero-order valence-electron chi connectivity index (χ0n) is 15.8. The van der Waals surface area contributed by atoms with Crippen LogP contribution in [-0.4, -0.2) is 63.3 Å². The molecule has 1 aromatic carbocycles. The average molecular weight is 384 g/mol. The maximum Gasteiger partial charge on any atom is 0.251 e. The van der Waals surface area contributed by atoms with Crippen molar-refractivity contribution in [2.45, 2.75) is 26.7 Å². The average Bonchev–Trinajstić information content (AvgIpc) is 2.65. The second-order valence-electron chi connectivity index (χ2n) is 6.27. The van der Waals surface area contributed by atoms with Crippen molar-refractivity contribution < 1.29 is 14.3 Å². The van der Waals surface area contributed by atoms with Gasteiger partial charge in [-0.1, -0.05) is 18.5 Å². The summed E-state index contributed by atoms with van der Waals surface area (Å²) in [5.41, 5.74) is 0.490. The van der Waals surface area contributed by atoms with E-state index in [2.05, 4.69) is 15.5 Å². The second-order valence-corrected chi connectivity index (χ2v) is 6.68. The third-order valence-electron chi connectivity index (χ3n) is 4.17. The molecule has 1 aromatic rings. The summed E-state index contributed by atoms with van der Waals surface area (Å²) in [6.07, 6.45) is 1.80. The SMILES string of the molecule is CCCOc1c(Cl)cc(C(=O)NCCCN2CCNCC2)cc1OCC. The summed E-state index contributed by atoms with van der Waals surface area (Å²) in [4.78, 5) is 14.8. The van der Waals surface area contributed by atoms with Crippen LogP contribution in [0.5, 0.6) is 11.5 Å². The Morgan fingerprint density at radius 3 is 2.73 bits per heavy atom. The molecule has 0 unspecified atom stereocenters. The zero-order chi connectivity index (χ0) is 18.8. The van der Waals surface area contributed by atoms with E-state index in [1.807, 2.05) is 13.8 Å². The highest BCUT2D eigenvalue weighted by atomic mass is 35.5. The fraction of sp³-hybridized carbons (Fsp3) is 0.632. The largest absolute Gasteiger partial charge is 0.490 e. The highest BCUT2D eigenvalue weighted by Crippen LogP contribution is 2.36. The van der Waals surface area contributed by atoms with Crippen LogP contribution in [-0.2, 0) is 0 Å². The van der Waals surface area contributed by atoms with Crippen LogP contribution in [0, 0.1) is 0 Å². The number of hydrogen-bond acceptors (Lipinski definition) is 5. The van der Waals surface area contributed by atoms with Gasteiger partial charge in [0.1, 0.15) is 0 Å². The highest BCUT2D eigenvalue weighted by molar-refractivity contribution is 6.32. The monoisotopic (exact) mass is 383 g/mol. The van der Waals surface area contributed by atoms with Crippen molar-refractivity contribution >= 4 is 17.5 Å². The van der Waals surface area contributed by atoms with Crippen LogP contribution < -0.4 is 20.1 Å². The van der Waals surface area contributed by atoms with Crippen LogP contribution in [0.25, 0.3) is 0 Å². The Morgan fingerprint density at radius 1 is 1.27 bits per heavy atom. The van der Waals surface area contributed by atoms with Crippen molar-refractivity contribution in [2.24, 2.45) is 0 Å². The Balaban J connectivity index is 1.90. The smallest absolute Gasteiger partial charge is 0.251 e. The van der Waals surface area contributed by atoms with Gasteiger partial charge in [0.25, 0.3) is 5.91 Å². The van der Waals surface area contributed by atoms with Gasteiger partial charge >= 0.3 is 0 Å². The number of carbonyl (C=O) groups is 1. The summed E-state index contributed by atoms with van der Waals surface area (Å²) in [6, 6.07) is 3.34. The first-order valence-electron chi connectivity index (χ1n) is 9.46. The van der Waals surface area contributed by atoms with Crippen molar-refractivity contribution in [1.29, 1.82) is 0 Å². The van der Waals surface area contributed by atoms with E-state index in [4.69, 9.17) is 21.1 Å². The molecular weight excluding hydrogens is 354 g/mol. The molecule has 1 amide bonds. The fourth-order valence-electron chi connectivity index (χ4n) is 2.85. The van der Waals surface area contributed by atoms with E-state index in [-0.39, 0.29) is 5.91 Å². The van der Waals surface area contributed by atoms with Crippen LogP contribution >= 0.6 is 11.6 Å². The molecule has 2 rings (SSSR count). The number of carbonyl (C=O) groups excluding carboxylic acids is 1. The van der Waals surface area contributed by atoms with Gasteiger partial charge in [-0.2, -0.15) is 0 Å². The standard InChI is InChI=1S/C19H30ClN3O3/c1-3-12-26-18-16(20)13-15(14-17(18)25-4-2)19(24)22-6-5-9-23-10-7-21-8-11-23/h13-14,21H,3-12H2,1-2H3,(H,22,24). The first-order chi connectivity index (χ1) is 12.7. The van der Waals surface area contributed by atoms with Gasteiger partial charge in [0, 0.05) is 38.3 Å². The minimum atomic E-state index is -0.143. The van der Waals surface area contributed by atoms with Gasteiger partial charge < -0.3 is 25.0 Å². The van der Waals surface area contributed by atoms with Crippen molar-refractivity contribution in [2.75, 3.05) is 52.5 Å². The lowest BCUT2D eigenvalue weighted by Crippen LogP contribution is -2.44. The number of amides is 1. The number of piperazine rings is 1. The molecule has 1 aliphatic rings. The topological polar surface area (TPSA) is 62.8 Å². The summed E-state index contributed by atoms with van der Waals surface area (Å²) < 4.78 is 11.3. The van der Waals surface area contributed by atoms with Gasteiger partial charge in [0.05, 0.1) is 18.2 Å². The van der Waals surface area contributed by atoms with Gasteiger partial charge in [-0.25, -0.2) is 0 Å². The number of hydrogen-bond donors (Lipinski definition) is 2. The first kappa shape index (κ1) is 20.8. The predicted molar refractivity (Wildman–Crippen MR) is 105 cm³/mol. The molecule has 146 valence electrons. The summed E-state index contributed by atoms with van der Waals surface area (Å²) in [7, 11) is 0. The maximum atomic E-state index is 12.4. The van der Waals surface area contributed by atoms with Crippen molar-refractivity contribution in [3.8, 4) is 11.5 Å². The van der Waals surface area contributed by atoms with E-state index in [1.165, 1.54) is 0 Å². The number of rotatable bonds is 10. The molecule has 0 aromatic heterocycles. The Hall–Kier alpha value is -1.50. The Bertz CT molecular complexity index is 577. The molecule has 0 aliphatic carbocycles. The minimum absolute atomic E-state index is 0.143. The molecule has 1 heterocycles. The van der Waals surface area contributed by atoms with Gasteiger partial charge in [-0.05, 0) is 38.4 Å². The van der Waals surface area contributed by atoms with E-state index in [9.17, 15) is 4.79 Å². The minimum Gasteiger partial charge on any atom is -0.490 e. The van der Waals surface area contributed by atoms with Gasteiger partial charge in [-0.3, -0.25) is 4.79 Å². The van der Waals surface area contributed by atoms with Crippen LogP contribution in [0.1, 0.15) is 37.0 Å². The highest BCUT2D eigenvalue weighted by Gasteiger charge is 2.16. The third kappa shape index (κ3) is 6.34. The maximum absolute atomic E-state index is 12.4. The molecule has 7 heteroatoms. The van der Waals surface area contributed by atoms with E-state index in [0.717, 1.165) is 45.6 Å². The van der Waals surface area contributed by atoms with Gasteiger partial charge in [-0.15, -0.1) is 0 Å². The number of halogens is 1. The first-order valence-corrected chi connectivity index (χ1v) is 9.83. The lowest BCUT2D eigenvalue weighted by atomic mass is 10.2. The molecule has 0 saturated carbocycles. The lowest BCUT2D eigenvalue weighted by molar-refractivity contribution is 0.0950. The van der Waals surface area contributed by atoms with E-state index in [0.29, 0.717) is 41.8 Å². The number of nitrogens with zero attached hydrogens (tertiary/aromatic N) is 1. The normalized spacial score (nSPS) is 14.9. The van der Waals surface area contributed by atoms with Crippen molar-refractivity contribution in [1.82, 2.24) is 15.5 Å². The number of nitrogens with one attached hydrogen (secondary N) is 2. The summed E-state index contributed by atoms with van der Waals surface area (Å²) >= 11 is 6.32. The van der Waals surface area contributed by atoms with Crippen LogP contribution in [0.15, 0.2) is 12.1 Å². The van der Waals surface area contributed by atoms with Crippen LogP contribution in [0.2, 0.25) is 5.02 Å². The molecule has 0 radical (unpaired) electrons. The van der Waals surface area contributed by atoms with Crippen LogP contribution in [0.4, 0.5) is 0 Å². The summed E-state index contributed by atoms with van der Waals surface area (Å²) in [6.45, 7) is 10.8. The van der Waals surface area contributed by atoms with Crippen molar-refractivity contribution in [3.05, 3.63) is 22.7 Å². The Labute approximate surface area is 161 Å². The lowest BCUT2D eigenvalue weighted by Gasteiger charge is -2.27. The van der Waals surface area contributed by atoms with E-state index in [1.54, 1.807) is 12.1 Å². The Morgan fingerprint density at radius 2 is 2.04 bits per heavy atom. The zero-order valence-corrected chi connectivity index (χ0v) is 16.5. The quantitative estimate of drug-likeness (QED) is 0.608. The second kappa shape index (κ2) is 11.3. The predicted octanol–water partition coefficient (Wildman–Crippen LogP) is 2.55. The van der Waals surface area contributed by atoms with Gasteiger partial charge in [0.15, 0.2) is 11.5 Å². The number of ether oxygens (including phenoxy) is 2. The Kier molecular flexibility index (Phi) is 9.01. The molecule has 6 nitrogen and oxygen atoms in total.